The minimum absolute atomic E-state index is 0.133. The Morgan fingerprint density at radius 2 is 1.90 bits per heavy atom. The number of hydrogen-bond acceptors (Lipinski definition) is 6. The lowest BCUT2D eigenvalue weighted by molar-refractivity contribution is -0.120. The van der Waals surface area contributed by atoms with Gasteiger partial charge >= 0.3 is 0 Å². The van der Waals surface area contributed by atoms with Gasteiger partial charge in [-0.05, 0) is 5.56 Å². The first-order chi connectivity index (χ1) is 9.79. The number of carbonyl (C=O) groups is 1. The van der Waals surface area contributed by atoms with Crippen LogP contribution in [0.15, 0.2) is 30.6 Å². The fourth-order valence-corrected chi connectivity index (χ4v) is 1.75. The van der Waals surface area contributed by atoms with Gasteiger partial charge in [-0.3, -0.25) is 4.79 Å². The molecule has 0 spiro atoms. The van der Waals surface area contributed by atoms with Crippen molar-refractivity contribution in [1.82, 2.24) is 25.7 Å². The summed E-state index contributed by atoms with van der Waals surface area (Å²) in [5.41, 5.74) is 1.64. The maximum Gasteiger partial charge on any atom is 0.224 e. The van der Waals surface area contributed by atoms with Gasteiger partial charge in [0.15, 0.2) is 6.33 Å². The minimum Gasteiger partial charge on any atom is -0.355 e. The summed E-state index contributed by atoms with van der Waals surface area (Å²) in [5.74, 6) is 0.560. The molecule has 0 aliphatic carbocycles. The highest BCUT2D eigenvalue weighted by atomic mass is 32.2. The average molecular weight is 293 g/mol. The third-order valence-electron chi connectivity index (χ3n) is 2.49. The van der Waals surface area contributed by atoms with E-state index in [9.17, 15) is 8.68 Å². The molecule has 1 N–H and O–H groups in total. The van der Waals surface area contributed by atoms with Gasteiger partial charge in [-0.25, -0.2) is 0 Å². The largest absolute Gasteiger partial charge is 0.355 e. The van der Waals surface area contributed by atoms with E-state index in [0.717, 1.165) is 11.1 Å². The minimum atomic E-state index is -0.133. The van der Waals surface area contributed by atoms with Crippen molar-refractivity contribution in [2.45, 2.75) is 6.42 Å². The number of amides is 1. The standard InChI is InChI=1S/C12H12FN5OS/c13-20-6-5-14-11(19)7-9-1-3-10(4-2-9)12-17-15-8-16-18-12/h1-4,8H,5-7H2,(H,14,19). The number of nitrogens with zero attached hydrogens (tertiary/aromatic N) is 4. The number of benzene rings is 1. The van der Waals surface area contributed by atoms with E-state index >= 15 is 0 Å². The van der Waals surface area contributed by atoms with E-state index in [1.807, 2.05) is 12.1 Å². The maximum absolute atomic E-state index is 11.8. The highest BCUT2D eigenvalue weighted by molar-refractivity contribution is 7.94. The number of hydrogen-bond donors (Lipinski definition) is 1. The lowest BCUT2D eigenvalue weighted by Crippen LogP contribution is -2.27. The van der Waals surface area contributed by atoms with Crippen molar-refractivity contribution in [3.63, 3.8) is 0 Å². The first-order valence-corrected chi connectivity index (χ1v) is 6.78. The molecule has 1 amide bonds. The first kappa shape index (κ1) is 14.3. The van der Waals surface area contributed by atoms with Crippen molar-refractivity contribution < 1.29 is 8.68 Å². The zero-order chi connectivity index (χ0) is 14.2. The van der Waals surface area contributed by atoms with Crippen LogP contribution in [-0.4, -0.2) is 38.6 Å². The number of halogens is 1. The molecule has 2 aromatic rings. The molecule has 0 saturated heterocycles. The van der Waals surface area contributed by atoms with Crippen LogP contribution in [0, 0.1) is 0 Å². The van der Waals surface area contributed by atoms with Gasteiger partial charge < -0.3 is 5.32 Å². The van der Waals surface area contributed by atoms with E-state index in [1.54, 1.807) is 12.1 Å². The summed E-state index contributed by atoms with van der Waals surface area (Å²) in [7, 11) is 0. The number of nitrogens with one attached hydrogen (secondary N) is 1. The van der Waals surface area contributed by atoms with Gasteiger partial charge in [0.25, 0.3) is 0 Å². The highest BCUT2D eigenvalue weighted by Crippen LogP contribution is 2.14. The second-order valence-corrected chi connectivity index (χ2v) is 4.53. The Labute approximate surface area is 119 Å². The third-order valence-corrected chi connectivity index (χ3v) is 2.84. The van der Waals surface area contributed by atoms with Crippen LogP contribution >= 0.6 is 12.1 Å². The average Bonchev–Trinajstić information content (AvgIpc) is 2.49. The van der Waals surface area contributed by atoms with Crippen LogP contribution in [0.25, 0.3) is 11.4 Å². The summed E-state index contributed by atoms with van der Waals surface area (Å²) in [6.07, 6.45) is 1.52. The van der Waals surface area contributed by atoms with Gasteiger partial charge in [0.05, 0.1) is 6.42 Å². The quantitative estimate of drug-likeness (QED) is 0.806. The predicted molar refractivity (Wildman–Crippen MR) is 73.3 cm³/mol. The van der Waals surface area contributed by atoms with E-state index < -0.39 is 0 Å². The second kappa shape index (κ2) is 7.49. The number of rotatable bonds is 6. The maximum atomic E-state index is 11.8. The molecule has 0 fully saturated rings. The molecule has 0 unspecified atom stereocenters. The van der Waals surface area contributed by atoms with Crippen molar-refractivity contribution in [3.8, 4) is 11.4 Å². The number of carbonyl (C=O) groups excluding carboxylic acids is 1. The van der Waals surface area contributed by atoms with Gasteiger partial charge in [-0.15, -0.1) is 20.4 Å². The summed E-state index contributed by atoms with van der Waals surface area (Å²) in [6.45, 7) is 0.327. The van der Waals surface area contributed by atoms with Crippen LogP contribution < -0.4 is 5.32 Å². The van der Waals surface area contributed by atoms with Crippen LogP contribution in [0.5, 0.6) is 0 Å². The molecule has 0 saturated carbocycles. The van der Waals surface area contributed by atoms with E-state index in [4.69, 9.17) is 0 Å². The SMILES string of the molecule is O=C(Cc1ccc(-c2nncnn2)cc1)NCCSF. The molecule has 2 rings (SSSR count). The molecule has 8 heteroatoms. The van der Waals surface area contributed by atoms with E-state index in [2.05, 4.69) is 25.7 Å². The monoisotopic (exact) mass is 293 g/mol. The van der Waals surface area contributed by atoms with Crippen LogP contribution in [-0.2, 0) is 11.2 Å². The van der Waals surface area contributed by atoms with Crippen molar-refractivity contribution in [3.05, 3.63) is 36.2 Å². The molecule has 104 valence electrons. The summed E-state index contributed by atoms with van der Waals surface area (Å²) in [5, 5.41) is 17.6. The van der Waals surface area contributed by atoms with Crippen LogP contribution in [0.3, 0.4) is 0 Å². The predicted octanol–water partition coefficient (Wildman–Crippen LogP) is 1.21. The van der Waals surface area contributed by atoms with Crippen LogP contribution in [0.4, 0.5) is 3.89 Å². The summed E-state index contributed by atoms with van der Waals surface area (Å²) >= 11 is 0.209. The van der Waals surface area contributed by atoms with Gasteiger partial charge in [0, 0.05) is 30.0 Å². The molecule has 0 bridgehead atoms. The third kappa shape index (κ3) is 4.23. The second-order valence-electron chi connectivity index (χ2n) is 3.91. The Bertz CT molecular complexity index is 552. The summed E-state index contributed by atoms with van der Waals surface area (Å²) in [4.78, 5) is 11.6. The topological polar surface area (TPSA) is 80.7 Å². The van der Waals surface area contributed by atoms with Crippen molar-refractivity contribution in [1.29, 1.82) is 0 Å². The number of aromatic nitrogens is 4. The summed E-state index contributed by atoms with van der Waals surface area (Å²) in [6, 6.07) is 7.24. The van der Waals surface area contributed by atoms with Crippen LogP contribution in [0.1, 0.15) is 5.56 Å². The molecule has 1 aromatic carbocycles. The Hall–Kier alpha value is -2.09. The highest BCUT2D eigenvalue weighted by Gasteiger charge is 2.05. The molecule has 0 atom stereocenters. The van der Waals surface area contributed by atoms with E-state index in [1.165, 1.54) is 6.33 Å². The smallest absolute Gasteiger partial charge is 0.224 e. The first-order valence-electron chi connectivity index (χ1n) is 5.89. The normalized spacial score (nSPS) is 10.2. The van der Waals surface area contributed by atoms with Crippen LogP contribution in [0.2, 0.25) is 0 Å². The molecule has 1 heterocycles. The molecule has 0 radical (unpaired) electrons. The Morgan fingerprint density at radius 3 is 2.55 bits per heavy atom. The summed E-state index contributed by atoms with van der Waals surface area (Å²) < 4.78 is 11.8. The van der Waals surface area contributed by atoms with Crippen molar-refractivity contribution in [2.75, 3.05) is 12.3 Å². The van der Waals surface area contributed by atoms with Gasteiger partial charge in [-0.1, -0.05) is 24.3 Å². The fourth-order valence-electron chi connectivity index (χ4n) is 1.57. The van der Waals surface area contributed by atoms with E-state index in [0.29, 0.717) is 12.4 Å². The van der Waals surface area contributed by atoms with E-state index in [-0.39, 0.29) is 30.2 Å². The lowest BCUT2D eigenvalue weighted by atomic mass is 10.1. The van der Waals surface area contributed by atoms with Gasteiger partial charge in [0.2, 0.25) is 11.7 Å². The molecule has 0 aliphatic rings. The van der Waals surface area contributed by atoms with Crippen molar-refractivity contribution >= 4 is 18.1 Å². The van der Waals surface area contributed by atoms with Crippen molar-refractivity contribution in [2.24, 2.45) is 0 Å². The molecule has 6 nitrogen and oxygen atoms in total. The zero-order valence-corrected chi connectivity index (χ0v) is 11.3. The molecular formula is C12H12FN5OS. The Morgan fingerprint density at radius 1 is 1.20 bits per heavy atom. The zero-order valence-electron chi connectivity index (χ0n) is 10.5. The molecule has 20 heavy (non-hydrogen) atoms. The molecule has 1 aromatic heterocycles. The molecular weight excluding hydrogens is 281 g/mol. The molecule has 0 aliphatic heterocycles. The van der Waals surface area contributed by atoms with Gasteiger partial charge in [0.1, 0.15) is 0 Å². The Balaban J connectivity index is 1.93. The fraction of sp³-hybridized carbons (Fsp3) is 0.250. The Kier molecular flexibility index (Phi) is 5.36. The lowest BCUT2D eigenvalue weighted by Gasteiger charge is -2.04. The van der Waals surface area contributed by atoms with Gasteiger partial charge in [-0.2, -0.15) is 3.89 Å².